The molecule has 1 aliphatic carbocycles. The molecule has 0 fully saturated rings. The predicted molar refractivity (Wildman–Crippen MR) is 69.9 cm³/mol. The number of hydrogen-bond donors (Lipinski definition) is 1. The zero-order valence-corrected chi connectivity index (χ0v) is 11.2. The van der Waals surface area contributed by atoms with Crippen LogP contribution in [0.1, 0.15) is 48.7 Å². The van der Waals surface area contributed by atoms with Crippen molar-refractivity contribution in [2.45, 2.75) is 52.5 Å². The molecule has 0 bridgehead atoms. The number of nitrogens with one attached hydrogen (secondary N) is 1. The monoisotopic (exact) mass is 238 g/mol. The summed E-state index contributed by atoms with van der Waals surface area (Å²) in [6.45, 7) is 6.52. The molecule has 1 N–H and O–H groups in total. The summed E-state index contributed by atoms with van der Waals surface area (Å²) in [6, 6.07) is 0. The predicted octanol–water partition coefficient (Wildman–Crippen LogP) is 3.16. The molecule has 3 heteroatoms. The smallest absolute Gasteiger partial charge is 0.107 e. The Morgan fingerprint density at radius 2 is 2.06 bits per heavy atom. The normalized spacial score (nSPS) is 16.2. The van der Waals surface area contributed by atoms with Crippen LogP contribution in [0.4, 0.5) is 0 Å². The van der Waals surface area contributed by atoms with Crippen LogP contribution in [0.2, 0.25) is 0 Å². The summed E-state index contributed by atoms with van der Waals surface area (Å²) in [5.74, 6) is 0.720. The highest BCUT2D eigenvalue weighted by Gasteiger charge is 2.13. The highest BCUT2D eigenvalue weighted by Crippen LogP contribution is 2.25. The first-order valence-corrected chi connectivity index (χ1v) is 7.25. The Bertz CT molecular complexity index is 307. The van der Waals surface area contributed by atoms with Gasteiger partial charge in [0.15, 0.2) is 0 Å². The van der Waals surface area contributed by atoms with Crippen LogP contribution in [0, 0.1) is 5.92 Å². The third-order valence-electron chi connectivity index (χ3n) is 2.97. The molecule has 90 valence electrons. The fraction of sp³-hybridized carbons (Fsp3) is 0.769. The van der Waals surface area contributed by atoms with Gasteiger partial charge in [-0.25, -0.2) is 4.98 Å². The SMILES string of the molecule is CC(C)CNCc1nc2c(s1)CCCCC2. The van der Waals surface area contributed by atoms with Gasteiger partial charge >= 0.3 is 0 Å². The minimum absolute atomic E-state index is 0.720. The molecule has 2 nitrogen and oxygen atoms in total. The number of hydrogen-bond acceptors (Lipinski definition) is 3. The molecule has 1 aromatic heterocycles. The average molecular weight is 238 g/mol. The summed E-state index contributed by atoms with van der Waals surface area (Å²) < 4.78 is 0. The van der Waals surface area contributed by atoms with Crippen molar-refractivity contribution in [2.24, 2.45) is 5.92 Å². The van der Waals surface area contributed by atoms with Crippen LogP contribution in [0.25, 0.3) is 0 Å². The molecule has 0 atom stereocenters. The standard InChI is InChI=1S/C13H22N2S/c1-10(2)8-14-9-13-15-11-6-4-3-5-7-12(11)16-13/h10,14H,3-9H2,1-2H3. The first-order chi connectivity index (χ1) is 7.75. The van der Waals surface area contributed by atoms with Crippen LogP contribution in [0.5, 0.6) is 0 Å². The Kier molecular flexibility index (Phi) is 4.36. The van der Waals surface area contributed by atoms with E-state index in [-0.39, 0.29) is 0 Å². The van der Waals surface area contributed by atoms with Crippen molar-refractivity contribution >= 4 is 11.3 Å². The highest BCUT2D eigenvalue weighted by molar-refractivity contribution is 7.11. The molecule has 0 unspecified atom stereocenters. The van der Waals surface area contributed by atoms with Crippen molar-refractivity contribution in [1.82, 2.24) is 10.3 Å². The highest BCUT2D eigenvalue weighted by atomic mass is 32.1. The molecule has 2 rings (SSSR count). The minimum Gasteiger partial charge on any atom is -0.310 e. The zero-order valence-electron chi connectivity index (χ0n) is 10.4. The minimum atomic E-state index is 0.720. The van der Waals surface area contributed by atoms with Crippen molar-refractivity contribution in [3.63, 3.8) is 0 Å². The van der Waals surface area contributed by atoms with Gasteiger partial charge in [-0.3, -0.25) is 0 Å². The van der Waals surface area contributed by atoms with Gasteiger partial charge in [-0.2, -0.15) is 0 Å². The van der Waals surface area contributed by atoms with Gasteiger partial charge in [-0.1, -0.05) is 20.3 Å². The number of thiazole rings is 1. The molecule has 1 aliphatic rings. The van der Waals surface area contributed by atoms with Crippen LogP contribution < -0.4 is 5.32 Å². The van der Waals surface area contributed by atoms with Crippen molar-refractivity contribution < 1.29 is 0 Å². The topological polar surface area (TPSA) is 24.9 Å². The van der Waals surface area contributed by atoms with Gasteiger partial charge in [0.1, 0.15) is 5.01 Å². The molecule has 16 heavy (non-hydrogen) atoms. The van der Waals surface area contributed by atoms with E-state index < -0.39 is 0 Å². The third-order valence-corrected chi connectivity index (χ3v) is 4.13. The Morgan fingerprint density at radius 3 is 2.88 bits per heavy atom. The molecular formula is C13H22N2S. The van der Waals surface area contributed by atoms with E-state index in [4.69, 9.17) is 4.98 Å². The van der Waals surface area contributed by atoms with Crippen LogP contribution in [-0.2, 0) is 19.4 Å². The molecule has 1 heterocycles. The van der Waals surface area contributed by atoms with E-state index in [1.807, 2.05) is 11.3 Å². The average Bonchev–Trinajstić information content (AvgIpc) is 2.48. The van der Waals surface area contributed by atoms with Gasteiger partial charge in [-0.05, 0) is 38.1 Å². The van der Waals surface area contributed by atoms with Crippen molar-refractivity contribution in [3.8, 4) is 0 Å². The van der Waals surface area contributed by atoms with Gasteiger partial charge in [-0.15, -0.1) is 11.3 Å². The van der Waals surface area contributed by atoms with Gasteiger partial charge in [0, 0.05) is 11.4 Å². The second-order valence-corrected chi connectivity index (χ2v) is 6.23. The lowest BCUT2D eigenvalue weighted by atomic mass is 10.2. The van der Waals surface area contributed by atoms with E-state index in [1.165, 1.54) is 42.8 Å². The van der Waals surface area contributed by atoms with Gasteiger partial charge < -0.3 is 5.32 Å². The second kappa shape index (κ2) is 5.78. The van der Waals surface area contributed by atoms with E-state index in [1.54, 1.807) is 4.88 Å². The summed E-state index contributed by atoms with van der Waals surface area (Å²) in [5.41, 5.74) is 1.39. The summed E-state index contributed by atoms with van der Waals surface area (Å²) >= 11 is 1.93. The van der Waals surface area contributed by atoms with E-state index in [0.717, 1.165) is 19.0 Å². The Balaban J connectivity index is 1.91. The van der Waals surface area contributed by atoms with Crippen LogP contribution in [0.3, 0.4) is 0 Å². The molecule has 0 aliphatic heterocycles. The van der Waals surface area contributed by atoms with E-state index in [2.05, 4.69) is 19.2 Å². The fourth-order valence-corrected chi connectivity index (χ4v) is 3.25. The van der Waals surface area contributed by atoms with Crippen molar-refractivity contribution in [2.75, 3.05) is 6.54 Å². The number of aryl methyl sites for hydroxylation is 2. The van der Waals surface area contributed by atoms with E-state index in [0.29, 0.717) is 0 Å². The quantitative estimate of drug-likeness (QED) is 0.815. The lowest BCUT2D eigenvalue weighted by molar-refractivity contribution is 0.551. The Hall–Kier alpha value is -0.410. The second-order valence-electron chi connectivity index (χ2n) is 5.06. The lowest BCUT2D eigenvalue weighted by Crippen LogP contribution is -2.18. The van der Waals surface area contributed by atoms with Gasteiger partial charge in [0.05, 0.1) is 5.69 Å². The molecule has 0 saturated carbocycles. The van der Waals surface area contributed by atoms with Gasteiger partial charge in [0.25, 0.3) is 0 Å². The number of nitrogens with zero attached hydrogens (tertiary/aromatic N) is 1. The maximum atomic E-state index is 4.76. The van der Waals surface area contributed by atoms with Crippen LogP contribution in [-0.4, -0.2) is 11.5 Å². The first kappa shape index (κ1) is 12.1. The summed E-state index contributed by atoms with van der Waals surface area (Å²) in [5, 5.41) is 4.76. The summed E-state index contributed by atoms with van der Waals surface area (Å²) in [4.78, 5) is 6.32. The van der Waals surface area contributed by atoms with Crippen molar-refractivity contribution in [1.29, 1.82) is 0 Å². The first-order valence-electron chi connectivity index (χ1n) is 6.44. The molecule has 0 radical (unpaired) electrons. The Labute approximate surface area is 102 Å². The number of rotatable bonds is 4. The fourth-order valence-electron chi connectivity index (χ4n) is 2.13. The molecule has 0 amide bonds. The molecule has 0 saturated heterocycles. The van der Waals surface area contributed by atoms with Crippen LogP contribution in [0.15, 0.2) is 0 Å². The molecule has 0 aromatic carbocycles. The van der Waals surface area contributed by atoms with Gasteiger partial charge in [0.2, 0.25) is 0 Å². The Morgan fingerprint density at radius 1 is 1.25 bits per heavy atom. The third kappa shape index (κ3) is 3.29. The molecule has 0 spiro atoms. The van der Waals surface area contributed by atoms with Crippen molar-refractivity contribution in [3.05, 3.63) is 15.6 Å². The summed E-state index contributed by atoms with van der Waals surface area (Å²) in [7, 11) is 0. The molecular weight excluding hydrogens is 216 g/mol. The largest absolute Gasteiger partial charge is 0.310 e. The number of aromatic nitrogens is 1. The molecule has 1 aromatic rings. The zero-order chi connectivity index (χ0) is 11.4. The maximum absolute atomic E-state index is 4.76. The maximum Gasteiger partial charge on any atom is 0.107 e. The van der Waals surface area contributed by atoms with Crippen LogP contribution >= 0.6 is 11.3 Å². The van der Waals surface area contributed by atoms with E-state index in [9.17, 15) is 0 Å². The van der Waals surface area contributed by atoms with E-state index >= 15 is 0 Å². The lowest BCUT2D eigenvalue weighted by Gasteiger charge is -2.04. The summed E-state index contributed by atoms with van der Waals surface area (Å²) in [6.07, 6.45) is 6.53. The number of fused-ring (bicyclic) bond motifs is 1.